The predicted octanol–water partition coefficient (Wildman–Crippen LogP) is 1.18. The minimum absolute atomic E-state index is 0. The highest BCUT2D eigenvalue weighted by molar-refractivity contribution is 5.55. The molecule has 0 fully saturated rings. The van der Waals surface area contributed by atoms with Crippen molar-refractivity contribution in [1.82, 2.24) is 9.36 Å². The Morgan fingerprint density at radius 3 is 1.82 bits per heavy atom. The van der Waals surface area contributed by atoms with E-state index >= 15 is 0 Å². The summed E-state index contributed by atoms with van der Waals surface area (Å²) < 4.78 is 3.46. The zero-order valence-electron chi connectivity index (χ0n) is 23.9. The average molecular weight is 549 g/mol. The zero-order chi connectivity index (χ0) is 27.4. The van der Waals surface area contributed by atoms with Gasteiger partial charge in [-0.1, -0.05) is 30.3 Å². The number of aliphatic hydroxyl groups is 1. The summed E-state index contributed by atoms with van der Waals surface area (Å²) in [4.78, 5) is 17.7. The third-order valence-corrected chi connectivity index (χ3v) is 7.89. The standard InChI is InChI=1S/C32H40N4O2.ClH/c1-7-34(8-2)27-20-16-25(17-21-27)32(38,26-18-22-28(23-19-26)35(9-3)10-4)30-24(5)33(6)36(31(30)37)29-14-12-11-13-15-29;/h11-23,38H,7-10H2,1-6H3;1H. The van der Waals surface area contributed by atoms with Gasteiger partial charge in [0.2, 0.25) is 0 Å². The highest BCUT2D eigenvalue weighted by Crippen LogP contribution is 2.38. The number of hydrogen-bond acceptors (Lipinski definition) is 3. The van der Waals surface area contributed by atoms with Gasteiger partial charge in [-0.15, -0.1) is 0 Å². The number of hydrogen-bond donors (Lipinski definition) is 2. The van der Waals surface area contributed by atoms with E-state index in [9.17, 15) is 9.90 Å². The molecule has 39 heavy (non-hydrogen) atoms. The van der Waals surface area contributed by atoms with E-state index in [1.807, 2.05) is 85.4 Å². The summed E-state index contributed by atoms with van der Waals surface area (Å²) in [7, 11) is 1.87. The molecule has 6 nitrogen and oxygen atoms in total. The molecule has 0 amide bonds. The number of nitrogens with zero attached hydrogens (tertiary/aromatic N) is 3. The van der Waals surface area contributed by atoms with Crippen LogP contribution in [0.5, 0.6) is 0 Å². The first kappa shape index (κ1) is 30.2. The molecule has 0 saturated heterocycles. The molecular formula is C32H41ClN4O2. The Labute approximate surface area is 238 Å². The van der Waals surface area contributed by atoms with Crippen LogP contribution in [0.4, 0.5) is 11.4 Å². The summed E-state index contributed by atoms with van der Waals surface area (Å²) in [5, 5.41) is 12.7. The molecule has 0 aliphatic heterocycles. The predicted molar refractivity (Wildman–Crippen MR) is 156 cm³/mol. The number of quaternary nitrogens is 1. The molecule has 0 radical (unpaired) electrons. The molecule has 1 aromatic heterocycles. The summed E-state index contributed by atoms with van der Waals surface area (Å²) in [6.45, 7) is 14.3. The van der Waals surface area contributed by atoms with Crippen molar-refractivity contribution in [2.45, 2.75) is 40.2 Å². The maximum absolute atomic E-state index is 14.1. The SMILES string of the molecule is CCN(CC)c1ccc(C(O)(c2ccc([NH+](CC)CC)cc2)c2c(C)n(C)n(-c3ccccc3)c2=O)cc1.[Cl-]. The van der Waals surface area contributed by atoms with Gasteiger partial charge in [0, 0.05) is 31.5 Å². The van der Waals surface area contributed by atoms with E-state index in [4.69, 9.17) is 0 Å². The van der Waals surface area contributed by atoms with Crippen LogP contribution in [0, 0.1) is 6.92 Å². The van der Waals surface area contributed by atoms with Gasteiger partial charge >= 0.3 is 0 Å². The van der Waals surface area contributed by atoms with Crippen LogP contribution in [0.2, 0.25) is 0 Å². The molecule has 4 aromatic rings. The lowest BCUT2D eigenvalue weighted by Gasteiger charge is -2.30. The van der Waals surface area contributed by atoms with Crippen LogP contribution >= 0.6 is 0 Å². The highest BCUT2D eigenvalue weighted by Gasteiger charge is 2.40. The number of nitrogens with one attached hydrogen (secondary N) is 1. The van der Waals surface area contributed by atoms with Crippen LogP contribution in [0.1, 0.15) is 50.1 Å². The van der Waals surface area contributed by atoms with Crippen molar-refractivity contribution in [2.24, 2.45) is 7.05 Å². The Bertz CT molecular complexity index is 1350. The lowest BCUT2D eigenvalue weighted by atomic mass is 9.80. The first-order valence-electron chi connectivity index (χ1n) is 13.7. The van der Waals surface area contributed by atoms with E-state index in [-0.39, 0.29) is 18.0 Å². The van der Waals surface area contributed by atoms with Gasteiger partial charge in [-0.3, -0.25) is 9.48 Å². The second kappa shape index (κ2) is 12.7. The summed E-state index contributed by atoms with van der Waals surface area (Å²) in [5.74, 6) is 0. The van der Waals surface area contributed by atoms with Gasteiger partial charge in [0.05, 0.1) is 24.3 Å². The number of anilines is 1. The topological polar surface area (TPSA) is 54.8 Å². The minimum Gasteiger partial charge on any atom is -1.00 e. The van der Waals surface area contributed by atoms with E-state index < -0.39 is 5.60 Å². The molecule has 208 valence electrons. The van der Waals surface area contributed by atoms with Gasteiger partial charge < -0.3 is 27.3 Å². The largest absolute Gasteiger partial charge is 1.00 e. The molecule has 1 heterocycles. The second-order valence-corrected chi connectivity index (χ2v) is 9.75. The number of halogens is 1. The maximum Gasteiger partial charge on any atom is 0.278 e. The quantitative estimate of drug-likeness (QED) is 0.313. The molecule has 0 aliphatic carbocycles. The van der Waals surface area contributed by atoms with E-state index in [2.05, 4.69) is 44.7 Å². The van der Waals surface area contributed by atoms with Crippen molar-refractivity contribution >= 4 is 11.4 Å². The first-order valence-corrected chi connectivity index (χ1v) is 13.7. The molecular weight excluding hydrogens is 508 g/mol. The Hall–Kier alpha value is -3.32. The second-order valence-electron chi connectivity index (χ2n) is 9.75. The lowest BCUT2D eigenvalue weighted by molar-refractivity contribution is -0.828. The molecule has 0 aliphatic rings. The van der Waals surface area contributed by atoms with Crippen LogP contribution in [0.15, 0.2) is 83.7 Å². The fourth-order valence-corrected chi connectivity index (χ4v) is 5.55. The van der Waals surface area contributed by atoms with Crippen molar-refractivity contribution in [3.63, 3.8) is 0 Å². The van der Waals surface area contributed by atoms with Crippen molar-refractivity contribution in [1.29, 1.82) is 0 Å². The Balaban J connectivity index is 0.00000420. The summed E-state index contributed by atoms with van der Waals surface area (Å²) in [5.41, 5.74) is 3.58. The number of rotatable bonds is 10. The molecule has 3 aromatic carbocycles. The van der Waals surface area contributed by atoms with Crippen LogP contribution in [0.25, 0.3) is 5.69 Å². The van der Waals surface area contributed by atoms with Crippen molar-refractivity contribution in [3.8, 4) is 5.69 Å². The molecule has 0 spiro atoms. The van der Waals surface area contributed by atoms with E-state index in [1.54, 1.807) is 4.68 Å². The fraction of sp³-hybridized carbons (Fsp3) is 0.344. The average Bonchev–Trinajstić information content (AvgIpc) is 3.18. The lowest BCUT2D eigenvalue weighted by Crippen LogP contribution is -3.06. The number of para-hydroxylation sites is 1. The van der Waals surface area contributed by atoms with Crippen LogP contribution in [-0.2, 0) is 12.6 Å². The van der Waals surface area contributed by atoms with Gasteiger partial charge in [-0.25, -0.2) is 4.68 Å². The van der Waals surface area contributed by atoms with Gasteiger partial charge in [0.1, 0.15) is 11.3 Å². The van der Waals surface area contributed by atoms with Gasteiger partial charge in [0.25, 0.3) is 5.56 Å². The van der Waals surface area contributed by atoms with E-state index in [0.717, 1.165) is 37.6 Å². The van der Waals surface area contributed by atoms with Crippen LogP contribution in [-0.4, -0.2) is 40.6 Å². The smallest absolute Gasteiger partial charge is 0.278 e. The third kappa shape index (κ3) is 5.42. The highest BCUT2D eigenvalue weighted by atomic mass is 35.5. The monoisotopic (exact) mass is 548 g/mol. The Morgan fingerprint density at radius 2 is 1.33 bits per heavy atom. The van der Waals surface area contributed by atoms with Crippen molar-refractivity contribution in [3.05, 3.63) is 112 Å². The summed E-state index contributed by atoms with van der Waals surface area (Å²) >= 11 is 0. The maximum atomic E-state index is 14.1. The molecule has 7 heteroatoms. The molecule has 4 rings (SSSR count). The van der Waals surface area contributed by atoms with Crippen molar-refractivity contribution < 1.29 is 22.4 Å². The molecule has 1 unspecified atom stereocenters. The molecule has 2 N–H and O–H groups in total. The van der Waals surface area contributed by atoms with E-state index in [0.29, 0.717) is 22.4 Å². The first-order chi connectivity index (χ1) is 18.3. The van der Waals surface area contributed by atoms with Crippen LogP contribution in [0.3, 0.4) is 0 Å². The molecule has 0 bridgehead atoms. The Kier molecular flexibility index (Phi) is 9.83. The molecule has 0 saturated carbocycles. The normalized spacial score (nSPS) is 12.7. The van der Waals surface area contributed by atoms with Gasteiger partial charge in [0.15, 0.2) is 0 Å². The summed E-state index contributed by atoms with van der Waals surface area (Å²) in [6, 6.07) is 25.6. The van der Waals surface area contributed by atoms with Crippen LogP contribution < -0.4 is 27.8 Å². The summed E-state index contributed by atoms with van der Waals surface area (Å²) in [6.07, 6.45) is 0. The van der Waals surface area contributed by atoms with Gasteiger partial charge in [-0.05, 0) is 94.3 Å². The molecule has 1 atom stereocenters. The van der Waals surface area contributed by atoms with Crippen molar-refractivity contribution in [2.75, 3.05) is 31.1 Å². The minimum atomic E-state index is -1.63. The fourth-order valence-electron chi connectivity index (χ4n) is 5.55. The number of aromatic nitrogens is 2. The third-order valence-electron chi connectivity index (χ3n) is 7.89. The number of benzene rings is 3. The van der Waals surface area contributed by atoms with Gasteiger partial charge in [-0.2, -0.15) is 0 Å². The van der Waals surface area contributed by atoms with E-state index in [1.165, 1.54) is 10.6 Å². The zero-order valence-corrected chi connectivity index (χ0v) is 24.7. The Morgan fingerprint density at radius 1 is 0.821 bits per heavy atom.